The van der Waals surface area contributed by atoms with E-state index in [1.54, 1.807) is 0 Å². The highest BCUT2D eigenvalue weighted by Crippen LogP contribution is 2.27. The molecular weight excluding hydrogens is 1420 g/mol. The smallest absolute Gasteiger partial charge is 0.0865 e. The Bertz CT molecular complexity index is 1430. The lowest BCUT2D eigenvalue weighted by Crippen LogP contribution is -2.54. The van der Waals surface area contributed by atoms with Crippen LogP contribution in [0.1, 0.15) is 74.1 Å². The number of nitrogens with two attached hydrogens (primary N) is 20. The maximum Gasteiger partial charge on any atom is 0.0865 e. The van der Waals surface area contributed by atoms with E-state index in [1.165, 1.54) is 0 Å². The molecule has 3 unspecified atom stereocenters. The van der Waals surface area contributed by atoms with Crippen LogP contribution < -0.4 is 115 Å². The molecule has 0 heterocycles. The van der Waals surface area contributed by atoms with Gasteiger partial charge in [-0.2, -0.15) is 0 Å². The van der Waals surface area contributed by atoms with Gasteiger partial charge in [-0.1, -0.05) is 27.7 Å². The standard InChI is InChI=1S/C13H32N4O3.4C12H29N3O3.C10H26N4O3/c1-10(14)4-18-7-13(17,8-19-5-11(2)15)9-20-6-12(3)16;4*1-2-12(9-16-6-3-13,10-17-7-4-14)11-18-8-5-15;11-1-4-15-7-10(14,8-16-5-2-12)9-17-6-3-13/h10-12H,4-9,14-17H2,1-3H3;4*2-11,13-15H2,1H3;1-9,11-14H2. The lowest BCUT2D eigenvalue weighted by molar-refractivity contribution is -0.0682. The summed E-state index contributed by atoms with van der Waals surface area (Å²) in [6, 6.07) is -0.0994. The van der Waals surface area contributed by atoms with Gasteiger partial charge in [0.2, 0.25) is 0 Å². The number of ether oxygens (including phenoxy) is 18. The van der Waals surface area contributed by atoms with Gasteiger partial charge in [0.05, 0.1) is 249 Å². The van der Waals surface area contributed by atoms with Gasteiger partial charge in [-0.3, -0.25) is 0 Å². The van der Waals surface area contributed by atoms with E-state index in [0.717, 1.165) is 25.7 Å². The van der Waals surface area contributed by atoms with Crippen molar-refractivity contribution in [3.63, 3.8) is 0 Å². The Hall–Kier alpha value is -1.52. The first-order chi connectivity index (χ1) is 52.4. The van der Waals surface area contributed by atoms with Crippen molar-refractivity contribution in [2.24, 2.45) is 136 Å². The van der Waals surface area contributed by atoms with Crippen LogP contribution in [0.4, 0.5) is 0 Å². The van der Waals surface area contributed by atoms with Crippen molar-refractivity contribution < 1.29 is 85.3 Å². The second kappa shape index (κ2) is 87.3. The first-order valence-corrected chi connectivity index (χ1v) is 39.2. The summed E-state index contributed by atoms with van der Waals surface area (Å²) in [5.41, 5.74) is 108. The molecule has 38 heteroatoms. The monoisotopic (exact) mass is 1600 g/mol. The molecule has 0 radical (unpaired) electrons. The lowest BCUT2D eigenvalue weighted by Gasteiger charge is -2.32. The van der Waals surface area contributed by atoms with E-state index in [4.69, 9.17) is 200 Å². The first-order valence-electron chi connectivity index (χ1n) is 39.2. The third kappa shape index (κ3) is 78.8. The van der Waals surface area contributed by atoms with Crippen molar-refractivity contribution in [2.75, 3.05) is 336 Å². The van der Waals surface area contributed by atoms with E-state index in [0.29, 0.717) is 336 Å². The summed E-state index contributed by atoms with van der Waals surface area (Å²) in [5, 5.41) is 0. The van der Waals surface area contributed by atoms with Gasteiger partial charge < -0.3 is 200 Å². The fourth-order valence-electron chi connectivity index (χ4n) is 8.86. The molecule has 0 aromatic carbocycles. The number of hydrogen-bond acceptors (Lipinski definition) is 38. The molecule has 38 nitrogen and oxygen atoms in total. The Labute approximate surface area is 658 Å². The van der Waals surface area contributed by atoms with E-state index in [2.05, 4.69) is 27.7 Å². The minimum Gasteiger partial charge on any atom is -0.379 e. The van der Waals surface area contributed by atoms with Crippen molar-refractivity contribution in [1.82, 2.24) is 0 Å². The molecule has 0 aliphatic heterocycles. The lowest BCUT2D eigenvalue weighted by atomic mass is 9.88. The minimum absolute atomic E-state index is 0.0331. The van der Waals surface area contributed by atoms with Crippen LogP contribution >= 0.6 is 0 Å². The summed E-state index contributed by atoms with van der Waals surface area (Å²) in [4.78, 5) is 0. The largest absolute Gasteiger partial charge is 0.379 e. The van der Waals surface area contributed by atoms with Crippen LogP contribution in [0.5, 0.6) is 0 Å². The highest BCUT2D eigenvalue weighted by Gasteiger charge is 2.34. The Morgan fingerprint density at radius 3 is 0.376 bits per heavy atom. The average Bonchev–Trinajstić information content (AvgIpc) is 0.896. The van der Waals surface area contributed by atoms with Crippen molar-refractivity contribution in [3.8, 4) is 0 Å². The van der Waals surface area contributed by atoms with E-state index >= 15 is 0 Å². The van der Waals surface area contributed by atoms with E-state index in [-0.39, 0.29) is 39.8 Å². The van der Waals surface area contributed by atoms with Gasteiger partial charge in [-0.05, 0) is 46.5 Å². The minimum atomic E-state index is -0.724. The molecule has 0 saturated heterocycles. The molecule has 0 saturated carbocycles. The zero-order chi connectivity index (χ0) is 83.4. The molecule has 0 bridgehead atoms. The van der Waals surface area contributed by atoms with Gasteiger partial charge in [-0.15, -0.1) is 0 Å². The Kier molecular flexibility index (Phi) is 94.8. The third-order valence-electron chi connectivity index (χ3n) is 15.3. The van der Waals surface area contributed by atoms with Crippen LogP contribution in [0.15, 0.2) is 0 Å². The molecule has 0 rings (SSSR count). The Balaban J connectivity index is -0.000000292. The highest BCUT2D eigenvalue weighted by atomic mass is 16.5. The topological polar surface area (TPSA) is 687 Å². The predicted molar refractivity (Wildman–Crippen MR) is 436 cm³/mol. The van der Waals surface area contributed by atoms with Crippen molar-refractivity contribution >= 4 is 0 Å². The molecule has 0 spiro atoms. The molecule has 40 N–H and O–H groups in total. The summed E-state index contributed by atoms with van der Waals surface area (Å²) in [6.45, 7) is 39.9. The molecule has 0 aromatic heterocycles. The predicted octanol–water partition coefficient (Wildman–Crippen LogP) is -6.38. The molecule has 666 valence electrons. The van der Waals surface area contributed by atoms with Crippen LogP contribution in [0.2, 0.25) is 0 Å². The first kappa shape index (κ1) is 118. The van der Waals surface area contributed by atoms with Crippen LogP contribution in [-0.2, 0) is 85.3 Å². The molecule has 109 heavy (non-hydrogen) atoms. The maximum atomic E-state index is 6.26. The fraction of sp³-hybridized carbons (Fsp3) is 1.00. The van der Waals surface area contributed by atoms with Gasteiger partial charge in [-0.25, -0.2) is 0 Å². The normalized spacial score (nSPS) is 13.3. The van der Waals surface area contributed by atoms with Gasteiger partial charge in [0.25, 0.3) is 0 Å². The Morgan fingerprint density at radius 2 is 0.284 bits per heavy atom. The molecule has 0 aliphatic carbocycles. The number of hydrogen-bond donors (Lipinski definition) is 20. The molecule has 0 fully saturated rings. The van der Waals surface area contributed by atoms with Gasteiger partial charge in [0, 0.05) is 138 Å². The summed E-state index contributed by atoms with van der Waals surface area (Å²) < 4.78 is 99.2. The zero-order valence-electron chi connectivity index (χ0n) is 69.5. The maximum absolute atomic E-state index is 6.26. The van der Waals surface area contributed by atoms with Gasteiger partial charge in [0.1, 0.15) is 0 Å². The fourth-order valence-corrected chi connectivity index (χ4v) is 8.86. The Morgan fingerprint density at radius 1 is 0.183 bits per heavy atom. The van der Waals surface area contributed by atoms with Crippen LogP contribution in [0, 0.1) is 21.7 Å². The second-order valence-electron chi connectivity index (χ2n) is 27.2. The second-order valence-corrected chi connectivity index (χ2v) is 27.2. The quantitative estimate of drug-likeness (QED) is 0.0252. The molecule has 3 atom stereocenters. The van der Waals surface area contributed by atoms with Crippen LogP contribution in [-0.4, -0.2) is 365 Å². The summed E-state index contributed by atoms with van der Waals surface area (Å²) in [7, 11) is 0. The van der Waals surface area contributed by atoms with E-state index in [9.17, 15) is 0 Å². The summed E-state index contributed by atoms with van der Waals surface area (Å²) >= 11 is 0. The molecule has 0 aliphatic rings. The SMILES string of the molecule is CC(N)COCC(N)(COCC(C)N)COCC(C)N.CCC(COCCN)(COCCN)COCCN.CCC(COCCN)(COCCN)COCCN.CCC(COCCN)(COCCN)COCCN.CCC(COCCN)(COCCN)COCCN.NCCOCC(N)(COCCN)COCCN. The van der Waals surface area contributed by atoms with Crippen LogP contribution in [0.3, 0.4) is 0 Å². The molecule has 0 aromatic rings. The summed E-state index contributed by atoms with van der Waals surface area (Å²) in [5.74, 6) is 0. The van der Waals surface area contributed by atoms with Crippen molar-refractivity contribution in [3.05, 3.63) is 0 Å². The van der Waals surface area contributed by atoms with Gasteiger partial charge in [0.15, 0.2) is 0 Å². The van der Waals surface area contributed by atoms with Gasteiger partial charge >= 0.3 is 0 Å². The van der Waals surface area contributed by atoms with Crippen LogP contribution in [0.25, 0.3) is 0 Å². The van der Waals surface area contributed by atoms with Crippen molar-refractivity contribution in [1.29, 1.82) is 0 Å². The third-order valence-corrected chi connectivity index (χ3v) is 15.3. The average molecular weight is 1600 g/mol. The zero-order valence-corrected chi connectivity index (χ0v) is 69.5. The molecule has 0 amide bonds. The molecular formula is C71H174N20O18. The highest BCUT2D eigenvalue weighted by molar-refractivity contribution is 4.86. The van der Waals surface area contributed by atoms with E-state index < -0.39 is 11.1 Å². The van der Waals surface area contributed by atoms with E-state index in [1.807, 2.05) is 20.8 Å². The van der Waals surface area contributed by atoms with Crippen molar-refractivity contribution in [2.45, 2.75) is 103 Å². The number of rotatable bonds is 76. The summed E-state index contributed by atoms with van der Waals surface area (Å²) in [6.07, 6.45) is 3.64.